The van der Waals surface area contributed by atoms with Gasteiger partial charge < -0.3 is 15.2 Å². The lowest BCUT2D eigenvalue weighted by atomic mass is 10.0. The molecule has 8 nitrogen and oxygen atoms in total. The molecular weight excluding hydrogens is 306 g/mol. The number of aromatic nitrogens is 5. The minimum Gasteiger partial charge on any atom is -0.355 e. The van der Waals surface area contributed by atoms with Crippen LogP contribution in [0, 0.1) is 0 Å². The van der Waals surface area contributed by atoms with Crippen LogP contribution >= 0.6 is 0 Å². The molecule has 1 aliphatic rings. The number of carbonyl (C=O) groups excluding carboxylic acids is 1. The molecular formula is C16H17N7O. The first-order valence-corrected chi connectivity index (χ1v) is 7.92. The molecule has 0 aliphatic carbocycles. The van der Waals surface area contributed by atoms with E-state index in [0.29, 0.717) is 11.3 Å². The van der Waals surface area contributed by atoms with E-state index < -0.39 is 0 Å². The van der Waals surface area contributed by atoms with Crippen molar-refractivity contribution < 1.29 is 4.79 Å². The maximum absolute atomic E-state index is 12.2. The molecule has 1 fully saturated rings. The zero-order valence-corrected chi connectivity index (χ0v) is 13.0. The molecule has 0 atom stereocenters. The third-order valence-electron chi connectivity index (χ3n) is 4.23. The summed E-state index contributed by atoms with van der Waals surface area (Å²) < 4.78 is 0. The van der Waals surface area contributed by atoms with Crippen molar-refractivity contribution in [2.75, 3.05) is 18.0 Å². The van der Waals surface area contributed by atoms with Crippen LogP contribution in [0.3, 0.4) is 0 Å². The van der Waals surface area contributed by atoms with Gasteiger partial charge in [0, 0.05) is 25.3 Å². The number of piperidine rings is 1. The van der Waals surface area contributed by atoms with Crippen molar-refractivity contribution in [2.45, 2.75) is 18.9 Å². The summed E-state index contributed by atoms with van der Waals surface area (Å²) >= 11 is 0. The molecule has 0 bridgehead atoms. The van der Waals surface area contributed by atoms with Crippen LogP contribution < -0.4 is 10.2 Å². The Morgan fingerprint density at radius 3 is 2.83 bits per heavy atom. The molecule has 1 saturated heterocycles. The molecule has 4 rings (SSSR count). The Hall–Kier alpha value is -3.03. The zero-order chi connectivity index (χ0) is 16.4. The largest absolute Gasteiger partial charge is 0.355 e. The lowest BCUT2D eigenvalue weighted by Crippen LogP contribution is -2.45. The fraction of sp³-hybridized carbons (Fsp3) is 0.312. The predicted octanol–water partition coefficient (Wildman–Crippen LogP) is 1.15. The molecule has 0 spiro atoms. The van der Waals surface area contributed by atoms with Gasteiger partial charge in [0.2, 0.25) is 0 Å². The number of aromatic amines is 1. The van der Waals surface area contributed by atoms with Crippen molar-refractivity contribution in [2.24, 2.45) is 0 Å². The van der Waals surface area contributed by atoms with Gasteiger partial charge >= 0.3 is 0 Å². The van der Waals surface area contributed by atoms with Gasteiger partial charge in [0.1, 0.15) is 17.5 Å². The molecule has 0 aromatic carbocycles. The molecule has 1 amide bonds. The van der Waals surface area contributed by atoms with Crippen molar-refractivity contribution in [3.63, 3.8) is 0 Å². The van der Waals surface area contributed by atoms with Crippen LogP contribution in [0.5, 0.6) is 0 Å². The highest BCUT2D eigenvalue weighted by molar-refractivity contribution is 5.92. The quantitative estimate of drug-likeness (QED) is 0.750. The molecule has 24 heavy (non-hydrogen) atoms. The second-order valence-corrected chi connectivity index (χ2v) is 5.75. The van der Waals surface area contributed by atoms with Gasteiger partial charge in [0.15, 0.2) is 11.5 Å². The molecule has 0 saturated carbocycles. The summed E-state index contributed by atoms with van der Waals surface area (Å²) in [5.74, 6) is 0.749. The lowest BCUT2D eigenvalue weighted by molar-refractivity contribution is 0.0926. The number of anilines is 1. The van der Waals surface area contributed by atoms with Crippen molar-refractivity contribution in [1.82, 2.24) is 30.2 Å². The molecule has 122 valence electrons. The van der Waals surface area contributed by atoms with E-state index in [1.54, 1.807) is 24.7 Å². The molecule has 4 heterocycles. The average Bonchev–Trinajstić information content (AvgIpc) is 3.12. The number of carbonyl (C=O) groups is 1. The van der Waals surface area contributed by atoms with E-state index in [1.165, 1.54) is 6.33 Å². The monoisotopic (exact) mass is 323 g/mol. The van der Waals surface area contributed by atoms with Gasteiger partial charge in [0.05, 0.1) is 6.33 Å². The van der Waals surface area contributed by atoms with Gasteiger partial charge in [-0.25, -0.2) is 15.0 Å². The van der Waals surface area contributed by atoms with Crippen molar-refractivity contribution in [3.8, 4) is 0 Å². The van der Waals surface area contributed by atoms with Crippen molar-refractivity contribution >= 4 is 22.9 Å². The minimum atomic E-state index is -0.118. The van der Waals surface area contributed by atoms with Gasteiger partial charge in [-0.3, -0.25) is 9.78 Å². The van der Waals surface area contributed by atoms with Crippen LogP contribution in [0.2, 0.25) is 0 Å². The van der Waals surface area contributed by atoms with E-state index in [-0.39, 0.29) is 11.9 Å². The van der Waals surface area contributed by atoms with Crippen LogP contribution in [0.15, 0.2) is 37.1 Å². The summed E-state index contributed by atoms with van der Waals surface area (Å²) in [5, 5.41) is 3.06. The Labute approximate surface area is 138 Å². The van der Waals surface area contributed by atoms with Crippen molar-refractivity contribution in [3.05, 3.63) is 42.7 Å². The Morgan fingerprint density at radius 1 is 1.17 bits per heavy atom. The number of rotatable bonds is 3. The van der Waals surface area contributed by atoms with Crippen LogP contribution in [0.25, 0.3) is 11.2 Å². The molecule has 3 aromatic rings. The molecule has 0 unspecified atom stereocenters. The van der Waals surface area contributed by atoms with Gasteiger partial charge in [-0.1, -0.05) is 6.07 Å². The summed E-state index contributed by atoms with van der Waals surface area (Å²) in [7, 11) is 0. The number of amides is 1. The summed E-state index contributed by atoms with van der Waals surface area (Å²) in [4.78, 5) is 34.3. The Kier molecular flexibility index (Phi) is 3.78. The number of fused-ring (bicyclic) bond motifs is 1. The normalized spacial score (nSPS) is 15.6. The Bertz CT molecular complexity index is 840. The minimum absolute atomic E-state index is 0.118. The van der Waals surface area contributed by atoms with E-state index in [1.807, 2.05) is 6.07 Å². The van der Waals surface area contributed by atoms with E-state index in [9.17, 15) is 4.79 Å². The first-order chi connectivity index (χ1) is 11.8. The SMILES string of the molecule is O=C(NC1CCN(c2ncnc3nc[nH]c23)CC1)c1ccccn1. The van der Waals surface area contributed by atoms with Crippen molar-refractivity contribution in [1.29, 1.82) is 0 Å². The summed E-state index contributed by atoms with van der Waals surface area (Å²) in [5.41, 5.74) is 1.98. The lowest BCUT2D eigenvalue weighted by Gasteiger charge is -2.33. The molecule has 8 heteroatoms. The highest BCUT2D eigenvalue weighted by Gasteiger charge is 2.23. The number of pyridine rings is 1. The number of H-pyrrole nitrogens is 1. The number of nitrogens with zero attached hydrogens (tertiary/aromatic N) is 5. The van der Waals surface area contributed by atoms with Gasteiger partial charge in [-0.2, -0.15) is 0 Å². The maximum atomic E-state index is 12.2. The highest BCUT2D eigenvalue weighted by Crippen LogP contribution is 2.23. The van der Waals surface area contributed by atoms with Crippen LogP contribution in [0.1, 0.15) is 23.3 Å². The first-order valence-electron chi connectivity index (χ1n) is 7.92. The maximum Gasteiger partial charge on any atom is 0.270 e. The second-order valence-electron chi connectivity index (χ2n) is 5.75. The van der Waals surface area contributed by atoms with E-state index in [4.69, 9.17) is 0 Å². The fourth-order valence-corrected chi connectivity index (χ4v) is 2.98. The van der Waals surface area contributed by atoms with Crippen LogP contribution in [0.4, 0.5) is 5.82 Å². The molecule has 2 N–H and O–H groups in total. The zero-order valence-electron chi connectivity index (χ0n) is 13.0. The standard InChI is InChI=1S/C16H17N7O/c24-16(12-3-1-2-6-17-12)22-11-4-7-23(8-5-11)15-13-14(19-9-18-13)20-10-21-15/h1-3,6,9-11H,4-5,7-8H2,(H,22,24)(H,18,19,20,21). The third-order valence-corrected chi connectivity index (χ3v) is 4.23. The summed E-state index contributed by atoms with van der Waals surface area (Å²) in [6, 6.07) is 5.48. The number of imidazole rings is 1. The molecule has 0 radical (unpaired) electrons. The molecule has 1 aliphatic heterocycles. The van der Waals surface area contributed by atoms with Gasteiger partial charge in [0.25, 0.3) is 5.91 Å². The topological polar surface area (TPSA) is 99.7 Å². The molecule has 3 aromatic heterocycles. The average molecular weight is 323 g/mol. The third kappa shape index (κ3) is 2.78. The van der Waals surface area contributed by atoms with E-state index in [2.05, 4.69) is 35.1 Å². The number of nitrogens with one attached hydrogen (secondary N) is 2. The van der Waals surface area contributed by atoms with Crippen LogP contribution in [-0.4, -0.2) is 50.0 Å². The van der Waals surface area contributed by atoms with E-state index in [0.717, 1.165) is 37.3 Å². The number of hydrogen-bond donors (Lipinski definition) is 2. The Morgan fingerprint density at radius 2 is 2.04 bits per heavy atom. The highest BCUT2D eigenvalue weighted by atomic mass is 16.1. The fourth-order valence-electron chi connectivity index (χ4n) is 2.98. The summed E-state index contributed by atoms with van der Waals surface area (Å²) in [6.07, 6.45) is 6.51. The van der Waals surface area contributed by atoms with E-state index >= 15 is 0 Å². The Balaban J connectivity index is 1.40. The predicted molar refractivity (Wildman–Crippen MR) is 88.6 cm³/mol. The first kappa shape index (κ1) is 14.6. The smallest absolute Gasteiger partial charge is 0.270 e. The van der Waals surface area contributed by atoms with Gasteiger partial charge in [-0.05, 0) is 25.0 Å². The second kappa shape index (κ2) is 6.23. The van der Waals surface area contributed by atoms with Gasteiger partial charge in [-0.15, -0.1) is 0 Å². The summed E-state index contributed by atoms with van der Waals surface area (Å²) in [6.45, 7) is 1.64. The number of hydrogen-bond acceptors (Lipinski definition) is 6. The van der Waals surface area contributed by atoms with Crippen LogP contribution in [-0.2, 0) is 0 Å².